The van der Waals surface area contributed by atoms with Crippen LogP contribution < -0.4 is 4.74 Å². The summed E-state index contributed by atoms with van der Waals surface area (Å²) in [6, 6.07) is 12.5. The van der Waals surface area contributed by atoms with Crippen molar-refractivity contribution in [3.63, 3.8) is 0 Å². The van der Waals surface area contributed by atoms with E-state index < -0.39 is 0 Å². The van der Waals surface area contributed by atoms with Crippen molar-refractivity contribution in [2.24, 2.45) is 5.92 Å². The summed E-state index contributed by atoms with van der Waals surface area (Å²) in [5.74, 6) is 1.28. The van der Waals surface area contributed by atoms with Gasteiger partial charge in [-0.15, -0.1) is 11.6 Å². The van der Waals surface area contributed by atoms with Crippen molar-refractivity contribution in [3.05, 3.63) is 42.0 Å². The topological polar surface area (TPSA) is 18.5 Å². The van der Waals surface area contributed by atoms with Gasteiger partial charge in [-0.3, -0.25) is 0 Å². The molecule has 1 aliphatic heterocycles. The first kappa shape index (κ1) is 13.7. The van der Waals surface area contributed by atoms with Gasteiger partial charge in [0, 0.05) is 12.5 Å². The van der Waals surface area contributed by atoms with Crippen molar-refractivity contribution in [1.82, 2.24) is 0 Å². The standard InChI is InChI=1S/C17H19ClO2/c1-11-16(7-8-20-11)17(18)14-4-3-13-10-15(19-2)6-5-12(13)9-14/h3-6,9-11,16-17H,7-8H2,1-2H3. The molecule has 1 saturated heterocycles. The van der Waals surface area contributed by atoms with Gasteiger partial charge in [-0.1, -0.05) is 18.2 Å². The molecule has 3 rings (SSSR count). The van der Waals surface area contributed by atoms with Gasteiger partial charge in [0.2, 0.25) is 0 Å². The molecule has 0 aliphatic carbocycles. The predicted octanol–water partition coefficient (Wildman–Crippen LogP) is 4.55. The van der Waals surface area contributed by atoms with E-state index in [1.165, 1.54) is 16.3 Å². The Morgan fingerprint density at radius 1 is 1.20 bits per heavy atom. The van der Waals surface area contributed by atoms with Crippen LogP contribution >= 0.6 is 11.6 Å². The molecule has 0 bridgehead atoms. The molecule has 0 spiro atoms. The minimum atomic E-state index is 0.0130. The average Bonchev–Trinajstić information content (AvgIpc) is 2.91. The van der Waals surface area contributed by atoms with E-state index in [1.807, 2.05) is 12.1 Å². The lowest BCUT2D eigenvalue weighted by Gasteiger charge is -2.20. The number of benzene rings is 2. The third kappa shape index (κ3) is 2.50. The average molecular weight is 291 g/mol. The Labute approximate surface area is 124 Å². The molecule has 1 fully saturated rings. The van der Waals surface area contributed by atoms with E-state index in [4.69, 9.17) is 21.1 Å². The molecule has 0 radical (unpaired) electrons. The number of hydrogen-bond donors (Lipinski definition) is 0. The number of alkyl halides is 1. The van der Waals surface area contributed by atoms with E-state index in [2.05, 4.69) is 31.2 Å². The molecule has 1 aliphatic rings. The number of rotatable bonds is 3. The summed E-state index contributed by atoms with van der Waals surface area (Å²) in [5, 5.41) is 2.38. The Bertz CT molecular complexity index is 611. The second kappa shape index (κ2) is 5.63. The first-order valence-corrected chi connectivity index (χ1v) is 7.46. The van der Waals surface area contributed by atoms with Crippen molar-refractivity contribution in [1.29, 1.82) is 0 Å². The lowest BCUT2D eigenvalue weighted by Crippen LogP contribution is -2.16. The summed E-state index contributed by atoms with van der Waals surface area (Å²) in [7, 11) is 1.69. The maximum absolute atomic E-state index is 6.66. The van der Waals surface area contributed by atoms with Crippen molar-refractivity contribution >= 4 is 22.4 Å². The predicted molar refractivity (Wildman–Crippen MR) is 82.6 cm³/mol. The fraction of sp³-hybridized carbons (Fsp3) is 0.412. The first-order chi connectivity index (χ1) is 9.69. The van der Waals surface area contributed by atoms with Gasteiger partial charge in [0.1, 0.15) is 5.75 Å². The van der Waals surface area contributed by atoms with Crippen molar-refractivity contribution in [2.75, 3.05) is 13.7 Å². The number of fused-ring (bicyclic) bond motifs is 1. The van der Waals surface area contributed by atoms with Crippen LogP contribution in [0.2, 0.25) is 0 Å². The van der Waals surface area contributed by atoms with Gasteiger partial charge in [0.05, 0.1) is 18.6 Å². The molecule has 1 heterocycles. The molecule has 0 amide bonds. The fourth-order valence-electron chi connectivity index (χ4n) is 2.92. The quantitative estimate of drug-likeness (QED) is 0.772. The molecule has 2 nitrogen and oxygen atoms in total. The van der Waals surface area contributed by atoms with Crippen LogP contribution in [-0.4, -0.2) is 19.8 Å². The minimum absolute atomic E-state index is 0.0130. The third-order valence-corrected chi connectivity index (χ3v) is 4.78. The lowest BCUT2D eigenvalue weighted by atomic mass is 9.92. The Morgan fingerprint density at radius 3 is 2.65 bits per heavy atom. The molecule has 2 aromatic rings. The number of halogens is 1. The van der Waals surface area contributed by atoms with E-state index in [0.717, 1.165) is 18.8 Å². The van der Waals surface area contributed by atoms with Crippen LogP contribution in [0.25, 0.3) is 10.8 Å². The molecule has 0 N–H and O–H groups in total. The monoisotopic (exact) mass is 290 g/mol. The number of hydrogen-bond acceptors (Lipinski definition) is 2. The summed E-state index contributed by atoms with van der Waals surface area (Å²) in [5.41, 5.74) is 1.17. The summed E-state index contributed by atoms with van der Waals surface area (Å²) >= 11 is 6.66. The van der Waals surface area contributed by atoms with Gasteiger partial charge in [-0.2, -0.15) is 0 Å². The maximum atomic E-state index is 6.66. The van der Waals surface area contributed by atoms with Crippen LogP contribution in [0.4, 0.5) is 0 Å². The van der Waals surface area contributed by atoms with Crippen LogP contribution in [0.15, 0.2) is 36.4 Å². The van der Waals surface area contributed by atoms with E-state index in [9.17, 15) is 0 Å². The van der Waals surface area contributed by atoms with Gasteiger partial charge in [0.25, 0.3) is 0 Å². The van der Waals surface area contributed by atoms with E-state index in [0.29, 0.717) is 5.92 Å². The van der Waals surface area contributed by atoms with Crippen LogP contribution in [0.5, 0.6) is 5.75 Å². The van der Waals surface area contributed by atoms with E-state index in [-0.39, 0.29) is 11.5 Å². The highest BCUT2D eigenvalue weighted by atomic mass is 35.5. The lowest BCUT2D eigenvalue weighted by molar-refractivity contribution is 0.105. The zero-order chi connectivity index (χ0) is 14.1. The third-order valence-electron chi connectivity index (χ3n) is 4.20. The highest BCUT2D eigenvalue weighted by Gasteiger charge is 2.31. The fourth-order valence-corrected chi connectivity index (χ4v) is 3.39. The SMILES string of the molecule is COc1ccc2cc(C(Cl)C3CCOC3C)ccc2c1. The molecule has 3 heteroatoms. The molecular weight excluding hydrogens is 272 g/mol. The molecular formula is C17H19ClO2. The Kier molecular flexibility index (Phi) is 3.86. The Balaban J connectivity index is 1.92. The van der Waals surface area contributed by atoms with Gasteiger partial charge in [-0.25, -0.2) is 0 Å². The molecule has 3 unspecified atom stereocenters. The Morgan fingerprint density at radius 2 is 1.95 bits per heavy atom. The van der Waals surface area contributed by atoms with Crippen LogP contribution in [-0.2, 0) is 4.74 Å². The highest BCUT2D eigenvalue weighted by molar-refractivity contribution is 6.21. The van der Waals surface area contributed by atoms with Gasteiger partial charge in [-0.05, 0) is 47.9 Å². The zero-order valence-corrected chi connectivity index (χ0v) is 12.6. The molecule has 0 aromatic heterocycles. The number of ether oxygens (including phenoxy) is 2. The summed E-state index contributed by atoms with van der Waals surface area (Å²) in [4.78, 5) is 0. The summed E-state index contributed by atoms with van der Waals surface area (Å²) < 4.78 is 10.9. The maximum Gasteiger partial charge on any atom is 0.119 e. The van der Waals surface area contributed by atoms with Gasteiger partial charge < -0.3 is 9.47 Å². The summed E-state index contributed by atoms with van der Waals surface area (Å²) in [6.07, 6.45) is 1.28. The van der Waals surface area contributed by atoms with E-state index >= 15 is 0 Å². The molecule has 0 saturated carbocycles. The molecule has 3 atom stereocenters. The smallest absolute Gasteiger partial charge is 0.119 e. The summed E-state index contributed by atoms with van der Waals surface area (Å²) in [6.45, 7) is 2.93. The highest BCUT2D eigenvalue weighted by Crippen LogP contribution is 2.39. The van der Waals surface area contributed by atoms with Crippen molar-refractivity contribution in [2.45, 2.75) is 24.8 Å². The van der Waals surface area contributed by atoms with Gasteiger partial charge >= 0.3 is 0 Å². The van der Waals surface area contributed by atoms with Crippen molar-refractivity contribution in [3.8, 4) is 5.75 Å². The Hall–Kier alpha value is -1.25. The molecule has 20 heavy (non-hydrogen) atoms. The normalized spacial score (nSPS) is 23.9. The first-order valence-electron chi connectivity index (χ1n) is 7.02. The molecule has 2 aromatic carbocycles. The van der Waals surface area contributed by atoms with Gasteiger partial charge in [0.15, 0.2) is 0 Å². The largest absolute Gasteiger partial charge is 0.497 e. The molecule has 106 valence electrons. The second-order valence-corrected chi connectivity index (χ2v) is 5.87. The van der Waals surface area contributed by atoms with Crippen LogP contribution in [0, 0.1) is 5.92 Å². The number of methoxy groups -OCH3 is 1. The zero-order valence-electron chi connectivity index (χ0n) is 11.8. The second-order valence-electron chi connectivity index (χ2n) is 5.40. The van der Waals surface area contributed by atoms with E-state index in [1.54, 1.807) is 7.11 Å². The van der Waals surface area contributed by atoms with Crippen molar-refractivity contribution < 1.29 is 9.47 Å². The minimum Gasteiger partial charge on any atom is -0.497 e. The van der Waals surface area contributed by atoms with Crippen LogP contribution in [0.3, 0.4) is 0 Å². The van der Waals surface area contributed by atoms with Crippen LogP contribution in [0.1, 0.15) is 24.3 Å².